The van der Waals surface area contributed by atoms with Crippen LogP contribution in [0.5, 0.6) is 0 Å². The molecule has 1 aliphatic rings. The number of anilines is 1. The number of hydrogen-bond donors (Lipinski definition) is 2. The van der Waals surface area contributed by atoms with Crippen molar-refractivity contribution in [2.24, 2.45) is 5.73 Å². The normalized spacial score (nSPS) is 18.3. The molecule has 0 spiro atoms. The van der Waals surface area contributed by atoms with E-state index >= 15 is 0 Å². The zero-order valence-corrected chi connectivity index (χ0v) is 13.0. The van der Waals surface area contributed by atoms with Gasteiger partial charge in [0.1, 0.15) is 0 Å². The number of nitrogens with one attached hydrogen (secondary N) is 1. The van der Waals surface area contributed by atoms with Crippen molar-refractivity contribution >= 4 is 17.6 Å². The Hall–Kier alpha value is -2.08. The first-order valence-corrected chi connectivity index (χ1v) is 7.66. The van der Waals surface area contributed by atoms with Crippen LogP contribution in [0.15, 0.2) is 30.3 Å². The molecular formula is C16H24N4O2. The van der Waals surface area contributed by atoms with E-state index in [1.807, 2.05) is 13.1 Å². The maximum atomic E-state index is 11.5. The zero-order chi connectivity index (χ0) is 15.9. The monoisotopic (exact) mass is 304 g/mol. The summed E-state index contributed by atoms with van der Waals surface area (Å²) in [4.78, 5) is 26.7. The van der Waals surface area contributed by atoms with E-state index in [0.717, 1.165) is 25.9 Å². The van der Waals surface area contributed by atoms with Crippen molar-refractivity contribution in [2.45, 2.75) is 25.3 Å². The quantitative estimate of drug-likeness (QED) is 0.856. The fraction of sp³-hybridized carbons (Fsp3) is 0.500. The highest BCUT2D eigenvalue weighted by Gasteiger charge is 2.23. The van der Waals surface area contributed by atoms with Crippen molar-refractivity contribution in [3.8, 4) is 0 Å². The molecular weight excluding hydrogens is 280 g/mol. The average molecular weight is 304 g/mol. The van der Waals surface area contributed by atoms with Gasteiger partial charge < -0.3 is 15.5 Å². The summed E-state index contributed by atoms with van der Waals surface area (Å²) in [6, 6.07) is 10.0. The van der Waals surface area contributed by atoms with Gasteiger partial charge in [-0.1, -0.05) is 18.2 Å². The second kappa shape index (κ2) is 7.79. The summed E-state index contributed by atoms with van der Waals surface area (Å²) in [7, 11) is 2.02. The molecule has 0 aromatic heterocycles. The van der Waals surface area contributed by atoms with Crippen LogP contribution >= 0.6 is 0 Å². The van der Waals surface area contributed by atoms with Crippen LogP contribution in [-0.4, -0.2) is 49.6 Å². The summed E-state index contributed by atoms with van der Waals surface area (Å²) in [5, 5.41) is 2.10. The number of likely N-dealkylation sites (N-methyl/N-ethyl adjacent to an activating group) is 1. The lowest BCUT2D eigenvalue weighted by atomic mass is 10.0. The number of piperidine rings is 1. The molecule has 120 valence electrons. The summed E-state index contributed by atoms with van der Waals surface area (Å²) in [5.74, 6) is -0.324. The van der Waals surface area contributed by atoms with Gasteiger partial charge >= 0.3 is 6.03 Å². The van der Waals surface area contributed by atoms with Crippen LogP contribution in [0.2, 0.25) is 0 Å². The van der Waals surface area contributed by atoms with Crippen LogP contribution in [0.3, 0.4) is 0 Å². The SMILES string of the molecule is CN(CCC(=O)NC(N)=O)[C@@H]1CCCN(c2ccccc2)C1. The molecule has 3 amide bonds. The molecule has 3 N–H and O–H groups in total. The van der Waals surface area contributed by atoms with Gasteiger partial charge in [0.05, 0.1) is 0 Å². The van der Waals surface area contributed by atoms with Crippen LogP contribution in [0.25, 0.3) is 0 Å². The predicted molar refractivity (Wildman–Crippen MR) is 86.7 cm³/mol. The zero-order valence-electron chi connectivity index (χ0n) is 13.0. The molecule has 1 aromatic carbocycles. The number of primary amides is 1. The number of hydrogen-bond acceptors (Lipinski definition) is 4. The molecule has 0 saturated carbocycles. The Balaban J connectivity index is 1.84. The number of carbonyl (C=O) groups excluding carboxylic acids is 2. The van der Waals surface area contributed by atoms with Crippen molar-refractivity contribution in [2.75, 3.05) is 31.6 Å². The molecule has 6 nitrogen and oxygen atoms in total. The summed E-state index contributed by atoms with van der Waals surface area (Å²) in [6.45, 7) is 2.64. The minimum Gasteiger partial charge on any atom is -0.370 e. The lowest BCUT2D eigenvalue weighted by molar-refractivity contribution is -0.120. The van der Waals surface area contributed by atoms with Crippen molar-refractivity contribution in [3.63, 3.8) is 0 Å². The molecule has 1 aliphatic heterocycles. The van der Waals surface area contributed by atoms with E-state index in [2.05, 4.69) is 39.4 Å². The van der Waals surface area contributed by atoms with Gasteiger partial charge in [-0.15, -0.1) is 0 Å². The molecule has 0 radical (unpaired) electrons. The maximum Gasteiger partial charge on any atom is 0.318 e. The Morgan fingerprint density at radius 2 is 2.09 bits per heavy atom. The molecule has 1 atom stereocenters. The number of nitrogens with two attached hydrogens (primary N) is 1. The minimum absolute atomic E-state index is 0.279. The molecule has 1 heterocycles. The molecule has 2 rings (SSSR count). The largest absolute Gasteiger partial charge is 0.370 e. The lowest BCUT2D eigenvalue weighted by Gasteiger charge is -2.38. The first-order chi connectivity index (χ1) is 10.6. The number of carbonyl (C=O) groups is 2. The van der Waals surface area contributed by atoms with Gasteiger partial charge in [0.2, 0.25) is 5.91 Å². The fourth-order valence-electron chi connectivity index (χ4n) is 2.85. The lowest BCUT2D eigenvalue weighted by Crippen LogP contribution is -2.47. The number of amides is 3. The van der Waals surface area contributed by atoms with E-state index in [0.29, 0.717) is 12.6 Å². The van der Waals surface area contributed by atoms with Crippen molar-refractivity contribution in [1.82, 2.24) is 10.2 Å². The summed E-state index contributed by atoms with van der Waals surface area (Å²) in [6.07, 6.45) is 2.54. The summed E-state index contributed by atoms with van der Waals surface area (Å²) < 4.78 is 0. The molecule has 0 bridgehead atoms. The Bertz CT molecular complexity index is 506. The number of imide groups is 1. The fourth-order valence-corrected chi connectivity index (χ4v) is 2.85. The van der Waals surface area contributed by atoms with Gasteiger partial charge in [-0.05, 0) is 32.0 Å². The Kier molecular flexibility index (Phi) is 5.77. The van der Waals surface area contributed by atoms with Gasteiger partial charge in [-0.25, -0.2) is 4.79 Å². The second-order valence-electron chi connectivity index (χ2n) is 5.72. The third-order valence-electron chi connectivity index (χ3n) is 4.10. The van der Waals surface area contributed by atoms with Crippen LogP contribution in [0.4, 0.5) is 10.5 Å². The molecule has 1 aromatic rings. The molecule has 6 heteroatoms. The van der Waals surface area contributed by atoms with Gasteiger partial charge in [0.15, 0.2) is 0 Å². The maximum absolute atomic E-state index is 11.5. The Morgan fingerprint density at radius 3 is 2.77 bits per heavy atom. The van der Waals surface area contributed by atoms with E-state index in [1.54, 1.807) is 0 Å². The summed E-state index contributed by atoms with van der Waals surface area (Å²) >= 11 is 0. The summed E-state index contributed by atoms with van der Waals surface area (Å²) in [5.41, 5.74) is 6.18. The van der Waals surface area contributed by atoms with E-state index in [9.17, 15) is 9.59 Å². The van der Waals surface area contributed by atoms with Crippen molar-refractivity contribution < 1.29 is 9.59 Å². The first kappa shape index (κ1) is 16.3. The number of urea groups is 1. The van der Waals surface area contributed by atoms with E-state index < -0.39 is 6.03 Å². The Labute approximate surface area is 131 Å². The molecule has 0 unspecified atom stereocenters. The average Bonchev–Trinajstić information content (AvgIpc) is 2.53. The topological polar surface area (TPSA) is 78.7 Å². The minimum atomic E-state index is -0.791. The standard InChI is InChI=1S/C16H24N4O2/c1-19(11-9-15(21)18-16(17)22)14-8-5-10-20(12-14)13-6-3-2-4-7-13/h2-4,6-7,14H,5,8-12H2,1H3,(H3,17,18,21,22)/t14-/m1/s1. The van der Waals surface area contributed by atoms with E-state index in [1.165, 1.54) is 5.69 Å². The van der Waals surface area contributed by atoms with Crippen LogP contribution in [0.1, 0.15) is 19.3 Å². The van der Waals surface area contributed by atoms with Crippen LogP contribution < -0.4 is 16.0 Å². The van der Waals surface area contributed by atoms with Gasteiger partial charge in [0, 0.05) is 37.8 Å². The van der Waals surface area contributed by atoms with Gasteiger partial charge in [0.25, 0.3) is 0 Å². The van der Waals surface area contributed by atoms with Crippen molar-refractivity contribution in [1.29, 1.82) is 0 Å². The van der Waals surface area contributed by atoms with Crippen LogP contribution in [0, 0.1) is 0 Å². The van der Waals surface area contributed by atoms with Gasteiger partial charge in [-0.3, -0.25) is 10.1 Å². The predicted octanol–water partition coefficient (Wildman–Crippen LogP) is 1.17. The highest BCUT2D eigenvalue weighted by atomic mass is 16.2. The smallest absolute Gasteiger partial charge is 0.318 e. The highest BCUT2D eigenvalue weighted by molar-refractivity contribution is 5.93. The molecule has 1 saturated heterocycles. The van der Waals surface area contributed by atoms with E-state index in [4.69, 9.17) is 5.73 Å². The Morgan fingerprint density at radius 1 is 1.36 bits per heavy atom. The highest BCUT2D eigenvalue weighted by Crippen LogP contribution is 2.21. The first-order valence-electron chi connectivity index (χ1n) is 7.66. The third-order valence-corrected chi connectivity index (χ3v) is 4.10. The van der Waals surface area contributed by atoms with Crippen molar-refractivity contribution in [3.05, 3.63) is 30.3 Å². The molecule has 22 heavy (non-hydrogen) atoms. The molecule has 0 aliphatic carbocycles. The number of para-hydroxylation sites is 1. The number of benzene rings is 1. The van der Waals surface area contributed by atoms with E-state index in [-0.39, 0.29) is 12.3 Å². The van der Waals surface area contributed by atoms with Crippen LogP contribution in [-0.2, 0) is 4.79 Å². The second-order valence-corrected chi connectivity index (χ2v) is 5.72. The van der Waals surface area contributed by atoms with Gasteiger partial charge in [-0.2, -0.15) is 0 Å². The number of nitrogens with zero attached hydrogens (tertiary/aromatic N) is 2. The molecule has 1 fully saturated rings. The number of rotatable bonds is 5. The third kappa shape index (κ3) is 4.73.